The lowest BCUT2D eigenvalue weighted by Crippen LogP contribution is -2.59. The number of fused-ring (bicyclic) bond motifs is 15. The van der Waals surface area contributed by atoms with Gasteiger partial charge in [-0.15, -0.1) is 0 Å². The molecule has 11 aromatic carbocycles. The van der Waals surface area contributed by atoms with Crippen molar-refractivity contribution in [3.63, 3.8) is 0 Å². The van der Waals surface area contributed by atoms with Gasteiger partial charge in [-0.05, 0) is 141 Å². The van der Waals surface area contributed by atoms with E-state index in [1.165, 1.54) is 137 Å². The van der Waals surface area contributed by atoms with E-state index in [1.54, 1.807) is 0 Å². The highest BCUT2D eigenvalue weighted by Crippen LogP contribution is 2.52. The fourth-order valence-corrected chi connectivity index (χ4v) is 13.6. The average Bonchev–Trinajstić information content (AvgIpc) is 3.90. The molecular formula is C68H50BN3. The molecule has 0 saturated heterocycles. The van der Waals surface area contributed by atoms with Gasteiger partial charge in [0.25, 0.3) is 6.71 Å². The molecule has 0 atom stereocenters. The number of rotatable bonds is 3. The zero-order valence-corrected chi connectivity index (χ0v) is 41.4. The van der Waals surface area contributed by atoms with Gasteiger partial charge in [0.05, 0.1) is 27.8 Å². The molecule has 72 heavy (non-hydrogen) atoms. The molecular weight excluding hydrogens is 870 g/mol. The summed E-state index contributed by atoms with van der Waals surface area (Å²) in [7, 11) is 0. The van der Waals surface area contributed by atoms with Crippen molar-refractivity contribution in [3.8, 4) is 33.6 Å². The monoisotopic (exact) mass is 919 g/mol. The normalized spacial score (nSPS) is 13.4. The Kier molecular flexibility index (Phi) is 7.71. The van der Waals surface area contributed by atoms with Gasteiger partial charge in [-0.1, -0.05) is 187 Å². The number of aromatic nitrogens is 2. The van der Waals surface area contributed by atoms with Crippen molar-refractivity contribution in [2.45, 2.75) is 52.4 Å². The van der Waals surface area contributed by atoms with Crippen LogP contribution in [0.2, 0.25) is 0 Å². The van der Waals surface area contributed by atoms with Gasteiger partial charge in [0.2, 0.25) is 0 Å². The fourth-order valence-electron chi connectivity index (χ4n) is 13.6. The largest absolute Gasteiger partial charge is 0.310 e. The van der Waals surface area contributed by atoms with Crippen LogP contribution in [-0.2, 0) is 10.8 Å². The average molecular weight is 920 g/mol. The van der Waals surface area contributed by atoms with Crippen LogP contribution in [0.25, 0.3) is 110 Å². The van der Waals surface area contributed by atoms with E-state index in [9.17, 15) is 0 Å². The van der Waals surface area contributed by atoms with Crippen molar-refractivity contribution < 1.29 is 0 Å². The minimum Gasteiger partial charge on any atom is -0.310 e. The first-order valence-corrected chi connectivity index (χ1v) is 25.7. The molecule has 2 aliphatic heterocycles. The van der Waals surface area contributed by atoms with Crippen molar-refractivity contribution in [2.75, 3.05) is 4.90 Å². The van der Waals surface area contributed by atoms with Gasteiger partial charge in [0, 0.05) is 44.3 Å². The molecule has 0 N–H and O–H groups in total. The van der Waals surface area contributed by atoms with Crippen LogP contribution in [0.3, 0.4) is 0 Å². The van der Waals surface area contributed by atoms with Gasteiger partial charge in [0.15, 0.2) is 0 Å². The number of hydrogen-bond acceptors (Lipinski definition) is 1. The molecule has 0 saturated carbocycles. The van der Waals surface area contributed by atoms with Crippen LogP contribution in [0.4, 0.5) is 17.1 Å². The lowest BCUT2D eigenvalue weighted by molar-refractivity contribution is 0.590. The molecule has 3 aliphatic rings. The summed E-state index contributed by atoms with van der Waals surface area (Å²) in [6.07, 6.45) is 0. The minimum atomic E-state index is -0.0382. The molecule has 4 heteroatoms. The highest BCUT2D eigenvalue weighted by Gasteiger charge is 2.43. The summed E-state index contributed by atoms with van der Waals surface area (Å²) in [5.41, 5.74) is 22.9. The Bertz CT molecular complexity index is 4510. The maximum absolute atomic E-state index is 2.68. The third-order valence-corrected chi connectivity index (χ3v) is 16.9. The minimum absolute atomic E-state index is 0.0194. The Morgan fingerprint density at radius 1 is 0.361 bits per heavy atom. The second-order valence-corrected chi connectivity index (χ2v) is 22.9. The lowest BCUT2D eigenvalue weighted by Gasteiger charge is -2.36. The van der Waals surface area contributed by atoms with Gasteiger partial charge in [-0.2, -0.15) is 0 Å². The zero-order valence-electron chi connectivity index (χ0n) is 41.4. The summed E-state index contributed by atoms with van der Waals surface area (Å²) in [6.45, 7) is 13.8. The number of benzene rings is 11. The van der Waals surface area contributed by atoms with Crippen LogP contribution < -0.4 is 21.3 Å². The summed E-state index contributed by atoms with van der Waals surface area (Å²) < 4.78 is 5.35. The second-order valence-electron chi connectivity index (χ2n) is 22.9. The zero-order chi connectivity index (χ0) is 48.1. The smallest absolute Gasteiger partial charge is 0.252 e. The predicted molar refractivity (Wildman–Crippen MR) is 309 cm³/mol. The summed E-state index contributed by atoms with van der Waals surface area (Å²) in [6, 6.07) is 74.9. The van der Waals surface area contributed by atoms with Crippen LogP contribution in [0.5, 0.6) is 0 Å². The fraction of sp³-hybridized carbons (Fsp3) is 0.118. The summed E-state index contributed by atoms with van der Waals surface area (Å²) in [5.74, 6) is 0. The molecule has 4 heterocycles. The Hall–Kier alpha value is -8.34. The Morgan fingerprint density at radius 3 is 1.47 bits per heavy atom. The van der Waals surface area contributed by atoms with Gasteiger partial charge >= 0.3 is 0 Å². The summed E-state index contributed by atoms with van der Waals surface area (Å²) in [5, 5.41) is 13.1. The first-order chi connectivity index (χ1) is 35.0. The maximum atomic E-state index is 2.68. The molecule has 0 fully saturated rings. The van der Waals surface area contributed by atoms with E-state index in [0.29, 0.717) is 0 Å². The van der Waals surface area contributed by atoms with E-state index in [1.807, 2.05) is 0 Å². The summed E-state index contributed by atoms with van der Waals surface area (Å²) >= 11 is 0. The van der Waals surface area contributed by atoms with E-state index in [0.717, 1.165) is 17.1 Å². The van der Waals surface area contributed by atoms with Crippen molar-refractivity contribution >= 4 is 116 Å². The molecule has 0 spiro atoms. The first-order valence-electron chi connectivity index (χ1n) is 25.7. The Balaban J connectivity index is 1.12. The first kappa shape index (κ1) is 40.4. The Labute approximate surface area is 419 Å². The highest BCUT2D eigenvalue weighted by molar-refractivity contribution is 7.00. The van der Waals surface area contributed by atoms with E-state index in [-0.39, 0.29) is 17.5 Å². The van der Waals surface area contributed by atoms with Crippen molar-refractivity contribution in [1.29, 1.82) is 0 Å². The third-order valence-electron chi connectivity index (χ3n) is 16.9. The van der Waals surface area contributed by atoms with Crippen LogP contribution in [0.1, 0.15) is 52.7 Å². The number of anilines is 3. The van der Waals surface area contributed by atoms with Crippen LogP contribution in [-0.4, -0.2) is 15.8 Å². The van der Waals surface area contributed by atoms with Crippen LogP contribution in [0.15, 0.2) is 194 Å². The SMILES string of the molecule is CC(C)(C)c1ccc(N(c2ccc(C(C)(C)C)cc2)c2cc3c4c(c2)-n2c5ccc6ccccc6c5c5c6ccccc6cc(c52)B4c2cc4cccc5c4c4c6c(cccc6n-3c24)-c2ccccc2-5)cc1. The molecule has 2 aromatic heterocycles. The van der Waals surface area contributed by atoms with Gasteiger partial charge in [0.1, 0.15) is 0 Å². The van der Waals surface area contributed by atoms with Gasteiger partial charge in [-0.3, -0.25) is 0 Å². The molecule has 0 unspecified atom stereocenters. The quantitative estimate of drug-likeness (QED) is 0.161. The maximum Gasteiger partial charge on any atom is 0.252 e. The van der Waals surface area contributed by atoms with Gasteiger partial charge in [-0.25, -0.2) is 0 Å². The lowest BCUT2D eigenvalue weighted by atomic mass is 9.34. The number of hydrogen-bond donors (Lipinski definition) is 0. The van der Waals surface area contributed by atoms with E-state index < -0.39 is 0 Å². The summed E-state index contributed by atoms with van der Waals surface area (Å²) in [4.78, 5) is 2.51. The Morgan fingerprint density at radius 2 is 0.847 bits per heavy atom. The molecule has 3 nitrogen and oxygen atoms in total. The standard InChI is InChI=1S/C68H50BN3/c1-67(2,3)42-26-30-44(31-27-42)70(45-32-28-43(29-33-45)68(4,5)6)46-37-57-64-58(38-46)72-56-34-25-39-15-7-9-18-47(39)60(56)62-48-19-10-8-16-40(48)35-53(65(62)72)69(64)54-36-41-17-13-22-51-49-20-11-12-21-50(49)52-23-14-24-55-61(52)63(59(41)51)66(54)71(55)57/h7-38H,1-6H3. The van der Waals surface area contributed by atoms with E-state index in [2.05, 4.69) is 250 Å². The van der Waals surface area contributed by atoms with Crippen molar-refractivity contribution in [3.05, 3.63) is 205 Å². The van der Waals surface area contributed by atoms with Crippen LogP contribution >= 0.6 is 0 Å². The molecule has 16 rings (SSSR count). The van der Waals surface area contributed by atoms with Crippen molar-refractivity contribution in [2.24, 2.45) is 0 Å². The predicted octanol–water partition coefficient (Wildman–Crippen LogP) is 16.2. The van der Waals surface area contributed by atoms with Crippen LogP contribution in [0, 0.1) is 0 Å². The van der Waals surface area contributed by atoms with Gasteiger partial charge < -0.3 is 14.0 Å². The molecule has 1 aliphatic carbocycles. The molecule has 340 valence electrons. The molecule has 0 radical (unpaired) electrons. The van der Waals surface area contributed by atoms with E-state index in [4.69, 9.17) is 0 Å². The topological polar surface area (TPSA) is 13.1 Å². The second kappa shape index (κ2) is 13.7. The third kappa shape index (κ3) is 5.16. The highest BCUT2D eigenvalue weighted by atomic mass is 15.2. The molecule has 0 amide bonds. The molecule has 0 bridgehead atoms. The van der Waals surface area contributed by atoms with E-state index >= 15 is 0 Å². The number of nitrogens with zero attached hydrogens (tertiary/aromatic N) is 3. The van der Waals surface area contributed by atoms with Crippen molar-refractivity contribution in [1.82, 2.24) is 9.13 Å². The molecule has 13 aromatic rings.